The normalized spacial score (nSPS) is 16.5. The first-order valence-electron chi connectivity index (χ1n) is 10.5. The molecule has 0 amide bonds. The van der Waals surface area contributed by atoms with Crippen molar-refractivity contribution < 1.29 is 4.74 Å². The van der Waals surface area contributed by atoms with Crippen LogP contribution in [0.1, 0.15) is 111 Å². The Labute approximate surface area is 151 Å². The predicted molar refractivity (Wildman–Crippen MR) is 107 cm³/mol. The molecule has 2 heteroatoms. The zero-order valence-electron chi connectivity index (χ0n) is 16.6. The molecule has 1 aliphatic rings. The Morgan fingerprint density at radius 2 is 1.33 bits per heavy atom. The molecular formula is C22H41NO. The Morgan fingerprint density at radius 3 is 1.79 bits per heavy atom. The van der Waals surface area contributed by atoms with Gasteiger partial charge in [-0.3, -0.25) is 0 Å². The van der Waals surface area contributed by atoms with Gasteiger partial charge in [0.05, 0.1) is 5.54 Å². The smallest absolute Gasteiger partial charge is 0.208 e. The predicted octanol–water partition coefficient (Wildman–Crippen LogP) is 7.23. The number of aliphatic imine (C=N–C) groups is 1. The molecule has 0 aromatic carbocycles. The minimum atomic E-state index is -0.0326. The third-order valence-electron chi connectivity index (χ3n) is 4.72. The second-order valence-corrected chi connectivity index (χ2v) is 7.98. The molecule has 0 fully saturated rings. The fourth-order valence-corrected chi connectivity index (χ4v) is 3.16. The van der Waals surface area contributed by atoms with E-state index < -0.39 is 0 Å². The molecule has 0 aliphatic carbocycles. The van der Waals surface area contributed by atoms with Crippen LogP contribution in [0, 0.1) is 0 Å². The zero-order valence-corrected chi connectivity index (χ0v) is 16.6. The number of nitrogens with zero attached hydrogens (tertiary/aromatic N) is 1. The van der Waals surface area contributed by atoms with Gasteiger partial charge in [0, 0.05) is 0 Å². The molecule has 0 saturated carbocycles. The van der Waals surface area contributed by atoms with E-state index in [2.05, 4.69) is 37.9 Å². The van der Waals surface area contributed by atoms with Crippen LogP contribution in [-0.4, -0.2) is 18.0 Å². The maximum atomic E-state index is 5.55. The summed E-state index contributed by atoms with van der Waals surface area (Å²) in [4.78, 5) is 4.53. The molecule has 24 heavy (non-hydrogen) atoms. The number of unbranched alkanes of at least 4 members (excludes halogenated alkanes) is 13. The highest BCUT2D eigenvalue weighted by molar-refractivity contribution is 5.89. The molecule has 1 heterocycles. The number of hydrogen-bond acceptors (Lipinski definition) is 2. The van der Waals surface area contributed by atoms with Crippen LogP contribution in [0.15, 0.2) is 17.1 Å². The zero-order chi connectivity index (χ0) is 17.5. The van der Waals surface area contributed by atoms with Crippen LogP contribution >= 0.6 is 0 Å². The van der Waals surface area contributed by atoms with Gasteiger partial charge in [-0.2, -0.15) is 0 Å². The van der Waals surface area contributed by atoms with Crippen molar-refractivity contribution in [1.82, 2.24) is 0 Å². The second kappa shape index (κ2) is 13.5. The summed E-state index contributed by atoms with van der Waals surface area (Å²) in [5, 5.41) is 0. The van der Waals surface area contributed by atoms with Gasteiger partial charge in [0.2, 0.25) is 5.90 Å². The Balaban J connectivity index is 1.80. The summed E-state index contributed by atoms with van der Waals surface area (Å²) < 4.78 is 5.55. The van der Waals surface area contributed by atoms with Gasteiger partial charge in [-0.15, -0.1) is 0 Å². The van der Waals surface area contributed by atoms with Crippen molar-refractivity contribution in [2.75, 3.05) is 6.61 Å². The second-order valence-electron chi connectivity index (χ2n) is 7.98. The molecular weight excluding hydrogens is 294 g/mol. The SMILES string of the molecule is CCCCCCCCCCCCCCCC=CC1=NC(C)(C)CO1. The molecule has 1 aliphatic heterocycles. The van der Waals surface area contributed by atoms with Crippen LogP contribution in [0.3, 0.4) is 0 Å². The topological polar surface area (TPSA) is 21.6 Å². The minimum Gasteiger partial charge on any atom is -0.475 e. The van der Waals surface area contributed by atoms with Gasteiger partial charge in [-0.1, -0.05) is 90.0 Å². The Bertz CT molecular complexity index is 357. The first-order chi connectivity index (χ1) is 11.6. The lowest BCUT2D eigenvalue weighted by molar-refractivity contribution is 0.280. The Morgan fingerprint density at radius 1 is 0.833 bits per heavy atom. The lowest BCUT2D eigenvalue weighted by Gasteiger charge is -2.07. The van der Waals surface area contributed by atoms with Crippen LogP contribution in [0.2, 0.25) is 0 Å². The van der Waals surface area contributed by atoms with E-state index in [9.17, 15) is 0 Å². The maximum Gasteiger partial charge on any atom is 0.208 e. The minimum absolute atomic E-state index is 0.0326. The summed E-state index contributed by atoms with van der Waals surface area (Å²) in [6.45, 7) is 7.22. The fraction of sp³-hybridized carbons (Fsp3) is 0.864. The highest BCUT2D eigenvalue weighted by Crippen LogP contribution is 2.17. The molecule has 0 saturated heterocycles. The van der Waals surface area contributed by atoms with E-state index in [-0.39, 0.29) is 5.54 Å². The quantitative estimate of drug-likeness (QED) is 0.289. The molecule has 0 unspecified atom stereocenters. The number of rotatable bonds is 15. The number of ether oxygens (including phenoxy) is 1. The average molecular weight is 336 g/mol. The van der Waals surface area contributed by atoms with Crippen LogP contribution in [0.4, 0.5) is 0 Å². The molecule has 140 valence electrons. The highest BCUT2D eigenvalue weighted by atomic mass is 16.5. The van der Waals surface area contributed by atoms with Crippen molar-refractivity contribution >= 4 is 5.90 Å². The van der Waals surface area contributed by atoms with Crippen molar-refractivity contribution in [3.63, 3.8) is 0 Å². The first kappa shape index (κ1) is 21.3. The van der Waals surface area contributed by atoms with E-state index in [0.29, 0.717) is 6.61 Å². The highest BCUT2D eigenvalue weighted by Gasteiger charge is 2.24. The van der Waals surface area contributed by atoms with Crippen molar-refractivity contribution in [3.8, 4) is 0 Å². The largest absolute Gasteiger partial charge is 0.475 e. The van der Waals surface area contributed by atoms with E-state index in [1.54, 1.807) is 0 Å². The number of hydrogen-bond donors (Lipinski definition) is 0. The lowest BCUT2D eigenvalue weighted by Crippen LogP contribution is -2.17. The van der Waals surface area contributed by atoms with E-state index >= 15 is 0 Å². The summed E-state index contributed by atoms with van der Waals surface area (Å²) in [5.41, 5.74) is -0.0326. The molecule has 0 atom stereocenters. The van der Waals surface area contributed by atoms with Gasteiger partial charge in [-0.25, -0.2) is 4.99 Å². The van der Waals surface area contributed by atoms with Gasteiger partial charge in [0.25, 0.3) is 0 Å². The first-order valence-corrected chi connectivity index (χ1v) is 10.5. The molecule has 0 N–H and O–H groups in total. The fourth-order valence-electron chi connectivity index (χ4n) is 3.16. The third kappa shape index (κ3) is 11.7. The van der Waals surface area contributed by atoms with Gasteiger partial charge >= 0.3 is 0 Å². The van der Waals surface area contributed by atoms with Crippen LogP contribution in [0.5, 0.6) is 0 Å². The maximum absolute atomic E-state index is 5.55. The monoisotopic (exact) mass is 335 g/mol. The summed E-state index contributed by atoms with van der Waals surface area (Å²) in [5.74, 6) is 0.815. The molecule has 0 radical (unpaired) electrons. The van der Waals surface area contributed by atoms with E-state index in [1.807, 2.05) is 0 Å². The Hall–Kier alpha value is -0.790. The molecule has 0 bridgehead atoms. The van der Waals surface area contributed by atoms with Crippen molar-refractivity contribution in [3.05, 3.63) is 12.2 Å². The summed E-state index contributed by atoms with van der Waals surface area (Å²) in [7, 11) is 0. The average Bonchev–Trinajstić information content (AvgIpc) is 2.90. The molecule has 0 aromatic rings. The van der Waals surface area contributed by atoms with E-state index in [4.69, 9.17) is 4.74 Å². The molecule has 1 rings (SSSR count). The standard InChI is InChI=1S/C22H41NO/c1-4-5-6-7-8-9-10-11-12-13-14-15-16-17-18-19-21-23-22(2,3)20-24-21/h18-19H,4-17,20H2,1-3H3. The van der Waals surface area contributed by atoms with Crippen molar-refractivity contribution in [2.45, 2.75) is 116 Å². The van der Waals surface area contributed by atoms with Crippen LogP contribution < -0.4 is 0 Å². The van der Waals surface area contributed by atoms with E-state index in [1.165, 1.54) is 83.5 Å². The summed E-state index contributed by atoms with van der Waals surface area (Å²) >= 11 is 0. The van der Waals surface area contributed by atoms with Gasteiger partial charge in [0.15, 0.2) is 0 Å². The number of allylic oxidation sites excluding steroid dienone is 1. The van der Waals surface area contributed by atoms with Gasteiger partial charge in [0.1, 0.15) is 6.61 Å². The van der Waals surface area contributed by atoms with Crippen LogP contribution in [0.25, 0.3) is 0 Å². The third-order valence-corrected chi connectivity index (χ3v) is 4.72. The van der Waals surface area contributed by atoms with E-state index in [0.717, 1.165) is 12.3 Å². The van der Waals surface area contributed by atoms with Crippen molar-refractivity contribution in [1.29, 1.82) is 0 Å². The lowest BCUT2D eigenvalue weighted by atomic mass is 10.0. The van der Waals surface area contributed by atoms with Crippen molar-refractivity contribution in [2.24, 2.45) is 4.99 Å². The Kier molecular flexibility index (Phi) is 12.0. The van der Waals surface area contributed by atoms with Crippen LogP contribution in [-0.2, 0) is 4.74 Å². The van der Waals surface area contributed by atoms with Gasteiger partial charge < -0.3 is 4.74 Å². The summed E-state index contributed by atoms with van der Waals surface area (Å²) in [6, 6.07) is 0. The molecule has 0 aromatic heterocycles. The molecule has 2 nitrogen and oxygen atoms in total. The summed E-state index contributed by atoms with van der Waals surface area (Å²) in [6.07, 6.45) is 23.8. The molecule has 0 spiro atoms. The van der Waals surface area contributed by atoms with Gasteiger partial charge in [-0.05, 0) is 32.8 Å².